The van der Waals surface area contributed by atoms with Crippen molar-refractivity contribution in [1.82, 2.24) is 4.90 Å². The van der Waals surface area contributed by atoms with Gasteiger partial charge in [0.2, 0.25) is 0 Å². The van der Waals surface area contributed by atoms with E-state index >= 15 is 0 Å². The second-order valence-electron chi connectivity index (χ2n) is 5.23. The fraction of sp³-hybridized carbons (Fsp3) is 0.900. The average Bonchev–Trinajstić information content (AvgIpc) is 2.10. The van der Waals surface area contributed by atoms with Crippen molar-refractivity contribution in [3.63, 3.8) is 0 Å². The first-order chi connectivity index (χ1) is 7.53. The summed E-state index contributed by atoms with van der Waals surface area (Å²) in [7, 11) is 0. The number of aliphatic hydroxyl groups is 1. The summed E-state index contributed by atoms with van der Waals surface area (Å²) in [5, 5.41) is 9.18. The van der Waals surface area contributed by atoms with Gasteiger partial charge in [0, 0.05) is 6.54 Å². The maximum Gasteiger partial charge on any atom is 0.410 e. The van der Waals surface area contributed by atoms with Gasteiger partial charge in [-0.15, -0.1) is 0 Å². The highest BCUT2D eigenvalue weighted by atomic mass is 19.3. The topological polar surface area (TPSA) is 75.8 Å². The minimum Gasteiger partial charge on any atom is -0.444 e. The molecule has 0 aromatic heterocycles. The van der Waals surface area contributed by atoms with Crippen LogP contribution in [0.15, 0.2) is 0 Å². The second kappa shape index (κ2) is 4.38. The average molecular weight is 252 g/mol. The fourth-order valence-corrected chi connectivity index (χ4v) is 1.55. The number of halogens is 2. The van der Waals surface area contributed by atoms with Crippen LogP contribution < -0.4 is 5.73 Å². The van der Waals surface area contributed by atoms with Crippen molar-refractivity contribution in [3.05, 3.63) is 0 Å². The molecule has 1 fully saturated rings. The van der Waals surface area contributed by atoms with E-state index < -0.39 is 36.3 Å². The highest BCUT2D eigenvalue weighted by Crippen LogP contribution is 2.27. The van der Waals surface area contributed by atoms with Gasteiger partial charge < -0.3 is 20.5 Å². The van der Waals surface area contributed by atoms with Crippen molar-refractivity contribution < 1.29 is 23.4 Å². The lowest BCUT2D eigenvalue weighted by Crippen LogP contribution is -2.63. The normalized spacial score (nSPS) is 29.0. The van der Waals surface area contributed by atoms with Gasteiger partial charge in [0.05, 0.1) is 12.6 Å². The SMILES string of the molecule is CC(C)(C)OC(=O)N1C[C@H](N)[C@H](O)C(F)(F)C1. The molecule has 1 heterocycles. The summed E-state index contributed by atoms with van der Waals surface area (Å²) >= 11 is 0. The van der Waals surface area contributed by atoms with Crippen LogP contribution in [0.1, 0.15) is 20.8 Å². The molecule has 17 heavy (non-hydrogen) atoms. The maximum absolute atomic E-state index is 13.3. The molecule has 5 nitrogen and oxygen atoms in total. The highest BCUT2D eigenvalue weighted by molar-refractivity contribution is 5.68. The molecule has 1 rings (SSSR count). The molecule has 0 spiro atoms. The number of piperidine rings is 1. The second-order valence-corrected chi connectivity index (χ2v) is 5.23. The molecule has 0 unspecified atom stereocenters. The van der Waals surface area contributed by atoms with Crippen molar-refractivity contribution in [2.75, 3.05) is 13.1 Å². The van der Waals surface area contributed by atoms with E-state index in [1.165, 1.54) is 0 Å². The fourth-order valence-electron chi connectivity index (χ4n) is 1.55. The van der Waals surface area contributed by atoms with Crippen LogP contribution in [0.5, 0.6) is 0 Å². The smallest absolute Gasteiger partial charge is 0.410 e. The molecule has 0 radical (unpaired) electrons. The van der Waals surface area contributed by atoms with Gasteiger partial charge in [0.1, 0.15) is 11.7 Å². The number of carbonyl (C=O) groups excluding carboxylic acids is 1. The third-order valence-corrected chi connectivity index (χ3v) is 2.32. The molecule has 0 aromatic rings. The quantitative estimate of drug-likeness (QED) is 0.660. The van der Waals surface area contributed by atoms with Crippen molar-refractivity contribution in [1.29, 1.82) is 0 Å². The number of aliphatic hydroxyl groups excluding tert-OH is 1. The third-order valence-electron chi connectivity index (χ3n) is 2.32. The molecule has 0 bridgehead atoms. The number of nitrogens with zero attached hydrogens (tertiary/aromatic N) is 1. The van der Waals surface area contributed by atoms with Crippen LogP contribution in [0.2, 0.25) is 0 Å². The molecule has 3 N–H and O–H groups in total. The summed E-state index contributed by atoms with van der Waals surface area (Å²) in [4.78, 5) is 12.4. The van der Waals surface area contributed by atoms with E-state index in [0.29, 0.717) is 0 Å². The molecule has 1 amide bonds. The number of likely N-dealkylation sites (tertiary alicyclic amines) is 1. The van der Waals surface area contributed by atoms with Crippen molar-refractivity contribution in [2.24, 2.45) is 5.73 Å². The lowest BCUT2D eigenvalue weighted by atomic mass is 10.00. The van der Waals surface area contributed by atoms with Crippen molar-refractivity contribution in [2.45, 2.75) is 44.4 Å². The van der Waals surface area contributed by atoms with Gasteiger partial charge in [-0.25, -0.2) is 13.6 Å². The first kappa shape index (κ1) is 14.1. The predicted molar refractivity (Wildman–Crippen MR) is 56.7 cm³/mol. The lowest BCUT2D eigenvalue weighted by molar-refractivity contribution is -0.154. The molecular formula is C10H18F2N2O3. The van der Waals surface area contributed by atoms with Gasteiger partial charge >= 0.3 is 6.09 Å². The molecule has 1 saturated heterocycles. The summed E-state index contributed by atoms with van der Waals surface area (Å²) in [6.45, 7) is 3.90. The van der Waals surface area contributed by atoms with Gasteiger partial charge in [-0.1, -0.05) is 0 Å². The molecule has 0 saturated carbocycles. The molecular weight excluding hydrogens is 234 g/mol. The number of alkyl halides is 2. The summed E-state index contributed by atoms with van der Waals surface area (Å²) in [6.07, 6.45) is -2.78. The minimum absolute atomic E-state index is 0.147. The van der Waals surface area contributed by atoms with Crippen molar-refractivity contribution in [3.8, 4) is 0 Å². The van der Waals surface area contributed by atoms with Crippen LogP contribution in [0.3, 0.4) is 0 Å². The molecule has 1 aliphatic rings. The summed E-state index contributed by atoms with van der Waals surface area (Å²) in [5.41, 5.74) is 4.61. The van der Waals surface area contributed by atoms with Crippen LogP contribution in [-0.2, 0) is 4.74 Å². The summed E-state index contributed by atoms with van der Waals surface area (Å²) < 4.78 is 31.6. The first-order valence-electron chi connectivity index (χ1n) is 5.32. The molecule has 0 aliphatic carbocycles. The Bertz CT molecular complexity index is 304. The standard InChI is InChI=1S/C10H18F2N2O3/c1-9(2,3)17-8(16)14-4-6(13)7(15)10(11,12)5-14/h6-7,15H,4-5,13H2,1-3H3/t6-,7-/m0/s1. The van der Waals surface area contributed by atoms with Gasteiger partial charge in [0.15, 0.2) is 0 Å². The highest BCUT2D eigenvalue weighted by Gasteiger charge is 2.49. The first-order valence-corrected chi connectivity index (χ1v) is 5.32. The number of nitrogens with two attached hydrogens (primary N) is 1. The van der Waals surface area contributed by atoms with Crippen molar-refractivity contribution >= 4 is 6.09 Å². The Morgan fingerprint density at radius 2 is 2.06 bits per heavy atom. The Morgan fingerprint density at radius 3 is 2.47 bits per heavy atom. The van der Waals surface area contributed by atoms with E-state index in [4.69, 9.17) is 10.5 Å². The van der Waals surface area contributed by atoms with Gasteiger partial charge in [-0.3, -0.25) is 0 Å². The zero-order valence-corrected chi connectivity index (χ0v) is 10.1. The van der Waals surface area contributed by atoms with E-state index in [2.05, 4.69) is 0 Å². The number of hydrogen-bond acceptors (Lipinski definition) is 4. The van der Waals surface area contributed by atoms with E-state index in [1.807, 2.05) is 0 Å². The molecule has 0 aromatic carbocycles. The number of rotatable bonds is 0. The Morgan fingerprint density at radius 1 is 1.53 bits per heavy atom. The predicted octanol–water partition coefficient (Wildman–Crippen LogP) is 0.561. The largest absolute Gasteiger partial charge is 0.444 e. The maximum atomic E-state index is 13.3. The van der Waals surface area contributed by atoms with E-state index in [1.54, 1.807) is 20.8 Å². The van der Waals surface area contributed by atoms with Crippen LogP contribution >= 0.6 is 0 Å². The summed E-state index contributed by atoms with van der Waals surface area (Å²) in [5.74, 6) is -3.41. The van der Waals surface area contributed by atoms with E-state index in [0.717, 1.165) is 4.90 Å². The van der Waals surface area contributed by atoms with Crippen LogP contribution in [0.25, 0.3) is 0 Å². The lowest BCUT2D eigenvalue weighted by Gasteiger charge is -2.39. The number of hydrogen-bond donors (Lipinski definition) is 2. The number of ether oxygens (including phenoxy) is 1. The van der Waals surface area contributed by atoms with Crippen LogP contribution in [0.4, 0.5) is 13.6 Å². The van der Waals surface area contributed by atoms with Gasteiger partial charge in [-0.05, 0) is 20.8 Å². The number of carbonyl (C=O) groups is 1. The minimum atomic E-state index is -3.41. The van der Waals surface area contributed by atoms with Gasteiger partial charge in [-0.2, -0.15) is 0 Å². The van der Waals surface area contributed by atoms with Crippen LogP contribution in [-0.4, -0.2) is 52.9 Å². The monoisotopic (exact) mass is 252 g/mol. The Labute approximate surface area is 98.5 Å². The zero-order chi connectivity index (χ0) is 13.4. The van der Waals surface area contributed by atoms with Gasteiger partial charge in [0.25, 0.3) is 5.92 Å². The Balaban J connectivity index is 2.71. The molecule has 100 valence electrons. The van der Waals surface area contributed by atoms with Crippen LogP contribution in [0, 0.1) is 0 Å². The number of amides is 1. The Kier molecular flexibility index (Phi) is 3.63. The van der Waals surface area contributed by atoms with E-state index in [9.17, 15) is 18.7 Å². The molecule has 7 heteroatoms. The Hall–Kier alpha value is -0.950. The van der Waals surface area contributed by atoms with E-state index in [-0.39, 0.29) is 6.54 Å². The molecule has 1 aliphatic heterocycles. The zero-order valence-electron chi connectivity index (χ0n) is 10.1. The third kappa shape index (κ3) is 3.50. The molecule has 2 atom stereocenters. The summed E-state index contributed by atoms with van der Waals surface area (Å²) in [6, 6.07) is -1.17.